The Bertz CT molecular complexity index is 894. The van der Waals surface area contributed by atoms with Gasteiger partial charge in [0.1, 0.15) is 0 Å². The van der Waals surface area contributed by atoms with Crippen LogP contribution in [0.3, 0.4) is 0 Å². The van der Waals surface area contributed by atoms with Gasteiger partial charge in [-0.25, -0.2) is 8.42 Å². The average Bonchev–Trinajstić information content (AvgIpc) is 2.55. The molecule has 0 atom stereocenters. The summed E-state index contributed by atoms with van der Waals surface area (Å²) in [5.74, 6) is 0.669. The molecule has 0 aromatic heterocycles. The summed E-state index contributed by atoms with van der Waals surface area (Å²) in [6.07, 6.45) is 1.06. The second-order valence-corrected chi connectivity index (χ2v) is 7.18. The van der Waals surface area contributed by atoms with Gasteiger partial charge >= 0.3 is 0 Å². The largest absolute Gasteiger partial charge is 0.493 e. The van der Waals surface area contributed by atoms with Crippen molar-refractivity contribution in [1.82, 2.24) is 0 Å². The van der Waals surface area contributed by atoms with E-state index in [0.29, 0.717) is 34.0 Å². The first kappa shape index (κ1) is 18.6. The fourth-order valence-electron chi connectivity index (χ4n) is 2.19. The number of carbonyl (C=O) groups is 1. The highest BCUT2D eigenvalue weighted by atomic mass is 32.2. The number of methoxy groups -OCH3 is 2. The van der Waals surface area contributed by atoms with Gasteiger partial charge in [0, 0.05) is 17.3 Å². The van der Waals surface area contributed by atoms with Gasteiger partial charge in [0.25, 0.3) is 5.91 Å². The van der Waals surface area contributed by atoms with Gasteiger partial charge in [-0.1, -0.05) is 6.07 Å². The molecule has 7 nitrogen and oxygen atoms in total. The maximum atomic E-state index is 12.4. The Hall–Kier alpha value is -2.74. The van der Waals surface area contributed by atoms with Gasteiger partial charge in [0.2, 0.25) is 10.0 Å². The van der Waals surface area contributed by atoms with E-state index in [-0.39, 0.29) is 5.91 Å². The molecular formula is C17H20N2O5S. The van der Waals surface area contributed by atoms with E-state index in [1.165, 1.54) is 20.3 Å². The van der Waals surface area contributed by atoms with E-state index in [9.17, 15) is 13.2 Å². The third-order valence-electron chi connectivity index (χ3n) is 3.44. The number of anilines is 2. The molecule has 0 aliphatic rings. The number of aryl methyl sites for hydroxylation is 1. The van der Waals surface area contributed by atoms with Gasteiger partial charge < -0.3 is 14.8 Å². The van der Waals surface area contributed by atoms with E-state index in [2.05, 4.69) is 10.0 Å². The Morgan fingerprint density at radius 3 is 2.28 bits per heavy atom. The summed E-state index contributed by atoms with van der Waals surface area (Å²) >= 11 is 0. The van der Waals surface area contributed by atoms with Crippen LogP contribution < -0.4 is 19.5 Å². The maximum absolute atomic E-state index is 12.4. The molecule has 0 aliphatic carbocycles. The zero-order valence-corrected chi connectivity index (χ0v) is 15.2. The van der Waals surface area contributed by atoms with Crippen LogP contribution in [0.2, 0.25) is 0 Å². The summed E-state index contributed by atoms with van der Waals surface area (Å²) in [7, 11) is -0.397. The number of rotatable bonds is 6. The third kappa shape index (κ3) is 4.87. The molecule has 0 saturated heterocycles. The molecule has 1 amide bonds. The summed E-state index contributed by atoms with van der Waals surface area (Å²) in [4.78, 5) is 12.4. The second kappa shape index (κ2) is 7.43. The molecule has 0 heterocycles. The predicted octanol–water partition coefficient (Wildman–Crippen LogP) is 2.64. The second-order valence-electron chi connectivity index (χ2n) is 5.43. The summed E-state index contributed by atoms with van der Waals surface area (Å²) in [6, 6.07) is 9.80. The number of hydrogen-bond acceptors (Lipinski definition) is 5. The van der Waals surface area contributed by atoms with Gasteiger partial charge in [-0.15, -0.1) is 0 Å². The SMILES string of the molecule is COc1ccc(NC(=O)c2ccc(C)c(NS(C)(=O)=O)c2)cc1OC. The standard InChI is InChI=1S/C17H20N2O5S/c1-11-5-6-12(9-14(11)19-25(4,21)22)17(20)18-13-7-8-15(23-2)16(10-13)24-3/h5-10,19H,1-4H3,(H,18,20). The van der Waals surface area contributed by atoms with Crippen molar-refractivity contribution in [2.24, 2.45) is 0 Å². The van der Waals surface area contributed by atoms with Crippen molar-refractivity contribution in [1.29, 1.82) is 0 Å². The van der Waals surface area contributed by atoms with Crippen molar-refractivity contribution in [2.45, 2.75) is 6.92 Å². The number of ether oxygens (including phenoxy) is 2. The topological polar surface area (TPSA) is 93.7 Å². The minimum atomic E-state index is -3.43. The fourth-order valence-corrected chi connectivity index (χ4v) is 2.81. The lowest BCUT2D eigenvalue weighted by atomic mass is 10.1. The van der Waals surface area contributed by atoms with Crippen LogP contribution in [0, 0.1) is 6.92 Å². The summed E-state index contributed by atoms with van der Waals surface area (Å²) in [5.41, 5.74) is 1.93. The van der Waals surface area contributed by atoms with E-state index in [4.69, 9.17) is 9.47 Å². The highest BCUT2D eigenvalue weighted by Gasteiger charge is 2.12. The zero-order valence-electron chi connectivity index (χ0n) is 14.4. The molecule has 0 aliphatic heterocycles. The van der Waals surface area contributed by atoms with E-state index in [1.807, 2.05) is 0 Å². The van der Waals surface area contributed by atoms with E-state index in [1.54, 1.807) is 37.3 Å². The number of sulfonamides is 1. The van der Waals surface area contributed by atoms with Crippen molar-refractivity contribution in [3.63, 3.8) is 0 Å². The van der Waals surface area contributed by atoms with E-state index in [0.717, 1.165) is 6.26 Å². The summed E-state index contributed by atoms with van der Waals surface area (Å²) in [6.45, 7) is 1.75. The average molecular weight is 364 g/mol. The molecule has 2 aromatic carbocycles. The molecule has 25 heavy (non-hydrogen) atoms. The molecule has 0 fully saturated rings. The lowest BCUT2D eigenvalue weighted by Gasteiger charge is -2.12. The van der Waals surface area contributed by atoms with Gasteiger partial charge in [0.05, 0.1) is 26.2 Å². The van der Waals surface area contributed by atoms with Gasteiger partial charge in [-0.05, 0) is 36.8 Å². The minimum Gasteiger partial charge on any atom is -0.493 e. The predicted molar refractivity (Wildman–Crippen MR) is 97.1 cm³/mol. The zero-order chi connectivity index (χ0) is 18.6. The summed E-state index contributed by atoms with van der Waals surface area (Å²) in [5, 5.41) is 2.74. The van der Waals surface area contributed by atoms with Crippen LogP contribution in [-0.2, 0) is 10.0 Å². The quantitative estimate of drug-likeness (QED) is 0.822. The van der Waals surface area contributed by atoms with Crippen molar-refractivity contribution < 1.29 is 22.7 Å². The van der Waals surface area contributed by atoms with Crippen LogP contribution in [0.25, 0.3) is 0 Å². The number of nitrogens with one attached hydrogen (secondary N) is 2. The van der Waals surface area contributed by atoms with Crippen LogP contribution in [-0.4, -0.2) is 34.8 Å². The molecule has 2 rings (SSSR count). The van der Waals surface area contributed by atoms with Gasteiger partial charge in [0.15, 0.2) is 11.5 Å². The van der Waals surface area contributed by atoms with Crippen LogP contribution in [0.1, 0.15) is 15.9 Å². The van der Waals surface area contributed by atoms with Crippen molar-refractivity contribution >= 4 is 27.3 Å². The monoisotopic (exact) mass is 364 g/mol. The van der Waals surface area contributed by atoms with E-state index >= 15 is 0 Å². The Balaban J connectivity index is 2.25. The third-order valence-corrected chi connectivity index (χ3v) is 4.03. The van der Waals surface area contributed by atoms with Gasteiger partial charge in [-0.3, -0.25) is 9.52 Å². The maximum Gasteiger partial charge on any atom is 0.255 e. The number of carbonyl (C=O) groups excluding carboxylic acids is 1. The Kier molecular flexibility index (Phi) is 5.53. The molecule has 0 radical (unpaired) electrons. The molecular weight excluding hydrogens is 344 g/mol. The molecule has 2 N–H and O–H groups in total. The molecule has 0 bridgehead atoms. The van der Waals surface area contributed by atoms with Crippen molar-refractivity contribution in [3.8, 4) is 11.5 Å². The number of hydrogen-bond donors (Lipinski definition) is 2. The first-order valence-corrected chi connectivity index (χ1v) is 9.24. The number of benzene rings is 2. The van der Waals surface area contributed by atoms with Crippen LogP contribution in [0.4, 0.5) is 11.4 Å². The number of amides is 1. The summed E-state index contributed by atoms with van der Waals surface area (Å²) < 4.78 is 35.6. The Morgan fingerprint density at radius 1 is 1.00 bits per heavy atom. The fraction of sp³-hybridized carbons (Fsp3) is 0.235. The van der Waals surface area contributed by atoms with Crippen molar-refractivity contribution in [3.05, 3.63) is 47.5 Å². The normalized spacial score (nSPS) is 10.9. The molecule has 2 aromatic rings. The Morgan fingerprint density at radius 2 is 1.68 bits per heavy atom. The lowest BCUT2D eigenvalue weighted by molar-refractivity contribution is 0.102. The molecule has 0 unspecified atom stereocenters. The van der Waals surface area contributed by atoms with Crippen LogP contribution in [0.15, 0.2) is 36.4 Å². The highest BCUT2D eigenvalue weighted by molar-refractivity contribution is 7.92. The van der Waals surface area contributed by atoms with Crippen LogP contribution >= 0.6 is 0 Å². The smallest absolute Gasteiger partial charge is 0.255 e. The molecule has 0 spiro atoms. The molecule has 8 heteroatoms. The Labute approximate surface area is 147 Å². The van der Waals surface area contributed by atoms with E-state index < -0.39 is 10.0 Å². The van der Waals surface area contributed by atoms with Crippen LogP contribution in [0.5, 0.6) is 11.5 Å². The lowest BCUT2D eigenvalue weighted by Crippen LogP contribution is -2.14. The molecule has 0 saturated carbocycles. The minimum absolute atomic E-state index is 0.325. The first-order valence-electron chi connectivity index (χ1n) is 7.35. The van der Waals surface area contributed by atoms with Gasteiger partial charge in [-0.2, -0.15) is 0 Å². The first-order chi connectivity index (χ1) is 11.7. The highest BCUT2D eigenvalue weighted by Crippen LogP contribution is 2.30. The van der Waals surface area contributed by atoms with Crippen molar-refractivity contribution in [2.75, 3.05) is 30.5 Å². The molecule has 134 valence electrons.